The Kier molecular flexibility index (Phi) is 16.4. The van der Waals surface area contributed by atoms with Gasteiger partial charge in [0.25, 0.3) is 0 Å². The Bertz CT molecular complexity index is 269. The van der Waals surface area contributed by atoms with Crippen LogP contribution >= 0.6 is 15.9 Å². The van der Waals surface area contributed by atoms with Crippen LogP contribution in [0.2, 0.25) is 0 Å². The number of unbranched alkanes of at least 4 members (excludes halogenated alkanes) is 8. The highest BCUT2D eigenvalue weighted by Gasteiger charge is 1.94. The van der Waals surface area contributed by atoms with E-state index in [2.05, 4.69) is 47.2 Å². The van der Waals surface area contributed by atoms with E-state index in [1.165, 1.54) is 57.8 Å². The van der Waals surface area contributed by atoms with Gasteiger partial charge >= 0.3 is 0 Å². The second-order valence-electron chi connectivity index (χ2n) is 5.34. The lowest BCUT2D eigenvalue weighted by atomic mass is 10.1. The van der Waals surface area contributed by atoms with Crippen molar-refractivity contribution in [1.82, 2.24) is 0 Å². The summed E-state index contributed by atoms with van der Waals surface area (Å²) in [4.78, 5) is 10.7. The van der Waals surface area contributed by atoms with Crippen molar-refractivity contribution in [3.05, 3.63) is 24.3 Å². The van der Waals surface area contributed by atoms with Crippen molar-refractivity contribution >= 4 is 20.6 Å². The first-order chi connectivity index (χ1) is 9.77. The van der Waals surface area contributed by atoms with E-state index in [-0.39, 0.29) is 4.69 Å². The molecule has 0 unspecified atom stereocenters. The maximum Gasteiger partial charge on any atom is 0.197 e. The van der Waals surface area contributed by atoms with E-state index in [0.29, 0.717) is 6.42 Å². The fourth-order valence-corrected chi connectivity index (χ4v) is 2.36. The molecule has 0 aromatic heterocycles. The molecule has 0 aliphatic carbocycles. The summed E-state index contributed by atoms with van der Waals surface area (Å²) in [6.45, 7) is 2.24. The molecular formula is C18H31BrO. The van der Waals surface area contributed by atoms with Crippen molar-refractivity contribution in [3.63, 3.8) is 0 Å². The van der Waals surface area contributed by atoms with Crippen molar-refractivity contribution in [3.8, 4) is 0 Å². The molecule has 0 heterocycles. The van der Waals surface area contributed by atoms with E-state index in [1.54, 1.807) is 0 Å². The summed E-state index contributed by atoms with van der Waals surface area (Å²) in [5.74, 6) is 0. The number of hydrogen-bond acceptors (Lipinski definition) is 1. The van der Waals surface area contributed by atoms with Gasteiger partial charge in [0.15, 0.2) is 4.69 Å². The molecule has 0 aromatic rings. The summed E-state index contributed by atoms with van der Waals surface area (Å²) in [6.07, 6.45) is 23.4. The number of allylic oxidation sites excluding steroid dienone is 4. The SMILES string of the molecule is CCCCC/C=C\C/C=C\CCCCCCCC(=O)Br. The van der Waals surface area contributed by atoms with E-state index in [4.69, 9.17) is 0 Å². The molecule has 0 saturated heterocycles. The molecule has 20 heavy (non-hydrogen) atoms. The maximum atomic E-state index is 10.7. The van der Waals surface area contributed by atoms with Crippen molar-refractivity contribution in [2.75, 3.05) is 0 Å². The van der Waals surface area contributed by atoms with Crippen LogP contribution in [0, 0.1) is 0 Å². The third-order valence-corrected chi connectivity index (χ3v) is 3.72. The lowest BCUT2D eigenvalue weighted by Crippen LogP contribution is -1.85. The molecule has 0 amide bonds. The quantitative estimate of drug-likeness (QED) is 0.194. The summed E-state index contributed by atoms with van der Waals surface area (Å²) in [5.41, 5.74) is 0. The molecule has 0 atom stereocenters. The van der Waals surface area contributed by atoms with Gasteiger partial charge in [-0.15, -0.1) is 0 Å². The highest BCUT2D eigenvalue weighted by atomic mass is 79.9. The Morgan fingerprint density at radius 3 is 1.95 bits per heavy atom. The summed E-state index contributed by atoms with van der Waals surface area (Å²) in [5, 5.41) is 0. The molecule has 0 N–H and O–H groups in total. The Balaban J connectivity index is 3.17. The smallest absolute Gasteiger partial charge is 0.197 e. The standard InChI is InChI=1S/C18H31BrO/c1-2-3-4-5-6-7-8-9-10-11-12-13-14-15-16-17-18(19)20/h6-7,9-10H,2-5,8,11-17H2,1H3/b7-6-,10-9-. The minimum atomic E-state index is 0.142. The number of carbonyl (C=O) groups excluding carboxylic acids is 1. The predicted octanol–water partition coefficient (Wildman–Crippen LogP) is 6.72. The zero-order valence-electron chi connectivity index (χ0n) is 13.1. The Morgan fingerprint density at radius 2 is 1.35 bits per heavy atom. The third-order valence-electron chi connectivity index (χ3n) is 3.32. The molecule has 0 aliphatic heterocycles. The molecule has 2 heteroatoms. The zero-order valence-corrected chi connectivity index (χ0v) is 14.7. The van der Waals surface area contributed by atoms with E-state index < -0.39 is 0 Å². The first kappa shape index (κ1) is 19.6. The van der Waals surface area contributed by atoms with Crippen LogP contribution in [0.15, 0.2) is 24.3 Å². The predicted molar refractivity (Wildman–Crippen MR) is 93.3 cm³/mol. The van der Waals surface area contributed by atoms with Crippen LogP contribution in [-0.2, 0) is 4.79 Å². The van der Waals surface area contributed by atoms with Crippen LogP contribution in [0.25, 0.3) is 0 Å². The second kappa shape index (κ2) is 16.7. The molecule has 0 aliphatic rings. The number of carbonyl (C=O) groups is 1. The summed E-state index contributed by atoms with van der Waals surface area (Å²) < 4.78 is 0.142. The molecule has 0 radical (unpaired) electrons. The van der Waals surface area contributed by atoms with E-state index in [0.717, 1.165) is 12.8 Å². The average Bonchev–Trinajstić information content (AvgIpc) is 2.43. The Labute approximate surface area is 134 Å². The van der Waals surface area contributed by atoms with Gasteiger partial charge in [0.1, 0.15) is 0 Å². The normalized spacial score (nSPS) is 11.7. The molecule has 0 spiro atoms. The maximum absolute atomic E-state index is 10.7. The van der Waals surface area contributed by atoms with E-state index >= 15 is 0 Å². The summed E-state index contributed by atoms with van der Waals surface area (Å²) in [7, 11) is 0. The summed E-state index contributed by atoms with van der Waals surface area (Å²) in [6, 6.07) is 0. The van der Waals surface area contributed by atoms with Crippen molar-refractivity contribution in [1.29, 1.82) is 0 Å². The summed E-state index contributed by atoms with van der Waals surface area (Å²) >= 11 is 2.96. The molecular weight excluding hydrogens is 312 g/mol. The monoisotopic (exact) mass is 342 g/mol. The largest absolute Gasteiger partial charge is 0.287 e. The third kappa shape index (κ3) is 17.6. The van der Waals surface area contributed by atoms with Crippen LogP contribution in [0.5, 0.6) is 0 Å². The second-order valence-corrected chi connectivity index (χ2v) is 6.22. The van der Waals surface area contributed by atoms with Gasteiger partial charge in [-0.25, -0.2) is 0 Å². The number of rotatable bonds is 14. The number of hydrogen-bond donors (Lipinski definition) is 0. The zero-order chi connectivity index (χ0) is 14.9. The van der Waals surface area contributed by atoms with Crippen LogP contribution in [0.3, 0.4) is 0 Å². The van der Waals surface area contributed by atoms with Gasteiger partial charge in [0.2, 0.25) is 0 Å². The lowest BCUT2D eigenvalue weighted by molar-refractivity contribution is -0.110. The first-order valence-corrected chi connectivity index (χ1v) is 9.05. The van der Waals surface area contributed by atoms with Crippen LogP contribution in [0.1, 0.15) is 84.0 Å². The topological polar surface area (TPSA) is 17.1 Å². The minimum Gasteiger partial charge on any atom is -0.287 e. The molecule has 0 aromatic carbocycles. The molecule has 0 saturated carbocycles. The minimum absolute atomic E-state index is 0.142. The van der Waals surface area contributed by atoms with Gasteiger partial charge in [-0.2, -0.15) is 0 Å². The number of halogens is 1. The van der Waals surface area contributed by atoms with Crippen LogP contribution < -0.4 is 0 Å². The molecule has 0 fully saturated rings. The average molecular weight is 343 g/mol. The van der Waals surface area contributed by atoms with Crippen LogP contribution in [-0.4, -0.2) is 4.69 Å². The fourth-order valence-electron chi connectivity index (χ4n) is 2.08. The van der Waals surface area contributed by atoms with Crippen molar-refractivity contribution in [2.45, 2.75) is 84.0 Å². The molecule has 116 valence electrons. The Morgan fingerprint density at radius 1 is 0.800 bits per heavy atom. The van der Waals surface area contributed by atoms with Gasteiger partial charge in [0.05, 0.1) is 0 Å². The van der Waals surface area contributed by atoms with Gasteiger partial charge < -0.3 is 0 Å². The first-order valence-electron chi connectivity index (χ1n) is 8.25. The highest BCUT2D eigenvalue weighted by molar-refractivity contribution is 9.18. The Hall–Kier alpha value is -0.370. The van der Waals surface area contributed by atoms with Gasteiger partial charge in [-0.05, 0) is 54.5 Å². The van der Waals surface area contributed by atoms with Crippen molar-refractivity contribution < 1.29 is 4.79 Å². The van der Waals surface area contributed by atoms with E-state index in [1.807, 2.05) is 0 Å². The fraction of sp³-hybridized carbons (Fsp3) is 0.722. The van der Waals surface area contributed by atoms with Gasteiger partial charge in [-0.1, -0.05) is 63.3 Å². The molecule has 0 bridgehead atoms. The van der Waals surface area contributed by atoms with Gasteiger partial charge in [-0.3, -0.25) is 4.79 Å². The van der Waals surface area contributed by atoms with Gasteiger partial charge in [0, 0.05) is 6.42 Å². The van der Waals surface area contributed by atoms with Crippen LogP contribution in [0.4, 0.5) is 0 Å². The lowest BCUT2D eigenvalue weighted by Gasteiger charge is -1.98. The highest BCUT2D eigenvalue weighted by Crippen LogP contribution is 2.09. The van der Waals surface area contributed by atoms with E-state index in [9.17, 15) is 4.79 Å². The molecule has 1 nitrogen and oxygen atoms in total. The molecule has 0 rings (SSSR count). The van der Waals surface area contributed by atoms with Crippen molar-refractivity contribution in [2.24, 2.45) is 0 Å².